The van der Waals surface area contributed by atoms with E-state index >= 15 is 0 Å². The summed E-state index contributed by atoms with van der Waals surface area (Å²) in [7, 11) is 0. The molecule has 0 saturated carbocycles. The average Bonchev–Trinajstić information content (AvgIpc) is 1.69. The summed E-state index contributed by atoms with van der Waals surface area (Å²) >= 11 is 0. The molecule has 0 heterocycles. The van der Waals surface area contributed by atoms with E-state index < -0.39 is 0 Å². The predicted octanol–water partition coefficient (Wildman–Crippen LogP) is 2.14. The molecule has 0 aromatic carbocycles. The second-order valence-corrected chi connectivity index (χ2v) is 1.87. The third-order valence-electron chi connectivity index (χ3n) is 0.986. The van der Waals surface area contributed by atoms with Gasteiger partial charge >= 0.3 is 18.9 Å². The molecule has 0 N–H and O–H groups in total. The van der Waals surface area contributed by atoms with E-state index in [4.69, 9.17) is 0 Å². The van der Waals surface area contributed by atoms with Crippen molar-refractivity contribution in [1.29, 1.82) is 0 Å². The molecule has 0 nitrogen and oxygen atoms in total. The summed E-state index contributed by atoms with van der Waals surface area (Å²) in [4.78, 5) is 0. The second-order valence-electron chi connectivity index (χ2n) is 1.87. The summed E-state index contributed by atoms with van der Waals surface area (Å²) in [5.74, 6) is 0. The van der Waals surface area contributed by atoms with Crippen molar-refractivity contribution in [3.05, 3.63) is 6.42 Å². The Kier molecular flexibility index (Phi) is 15.0. The molecule has 0 fully saturated rings. The van der Waals surface area contributed by atoms with Crippen LogP contribution in [0.3, 0.4) is 0 Å². The number of hydrogen-bond acceptors (Lipinski definition) is 0. The first-order valence-corrected chi connectivity index (χ1v) is 3.23. The van der Waals surface area contributed by atoms with Gasteiger partial charge in [0, 0.05) is 0 Å². The van der Waals surface area contributed by atoms with Gasteiger partial charge in [0.25, 0.3) is 0 Å². The Balaban J connectivity index is 0. The van der Waals surface area contributed by atoms with Gasteiger partial charge < -0.3 is 0 Å². The molecule has 0 amide bonds. The van der Waals surface area contributed by atoms with Crippen LogP contribution in [-0.4, -0.2) is 18.9 Å². The van der Waals surface area contributed by atoms with Crippen LogP contribution in [0.25, 0.3) is 0 Å². The zero-order chi connectivity index (χ0) is 5.54. The van der Waals surface area contributed by atoms with Gasteiger partial charge in [-0.25, -0.2) is 0 Å². The summed E-state index contributed by atoms with van der Waals surface area (Å²) in [6.45, 7) is 4.43. The Morgan fingerprint density at radius 3 is 1.62 bits per heavy atom. The SMILES string of the molecule is CCC[CH]CCC.[LiH]. The van der Waals surface area contributed by atoms with E-state index in [9.17, 15) is 0 Å². The Morgan fingerprint density at radius 2 is 1.38 bits per heavy atom. The number of rotatable bonds is 4. The second kappa shape index (κ2) is 10.6. The van der Waals surface area contributed by atoms with Crippen molar-refractivity contribution in [3.8, 4) is 0 Å². The van der Waals surface area contributed by atoms with Crippen molar-refractivity contribution in [2.24, 2.45) is 0 Å². The van der Waals surface area contributed by atoms with Gasteiger partial charge in [-0.05, 0) is 6.42 Å². The van der Waals surface area contributed by atoms with Gasteiger partial charge in [0.05, 0.1) is 0 Å². The zero-order valence-electron chi connectivity index (χ0n) is 5.41. The first kappa shape index (κ1) is 11.4. The summed E-state index contributed by atoms with van der Waals surface area (Å²) < 4.78 is 0. The van der Waals surface area contributed by atoms with Crippen molar-refractivity contribution < 1.29 is 0 Å². The minimum absolute atomic E-state index is 0. The van der Waals surface area contributed by atoms with Gasteiger partial charge in [-0.15, -0.1) is 0 Å². The summed E-state index contributed by atoms with van der Waals surface area (Å²) in [6.07, 6.45) is 7.57. The molecule has 0 aromatic rings. The normalized spacial score (nSPS) is 8.25. The van der Waals surface area contributed by atoms with E-state index in [2.05, 4.69) is 20.3 Å². The third kappa shape index (κ3) is 9.78. The van der Waals surface area contributed by atoms with Gasteiger partial charge in [-0.2, -0.15) is 0 Å². The quantitative estimate of drug-likeness (QED) is 0.381. The monoisotopic (exact) mass is 107 g/mol. The summed E-state index contributed by atoms with van der Waals surface area (Å²) in [5, 5.41) is 0. The third-order valence-corrected chi connectivity index (χ3v) is 0.986. The zero-order valence-corrected chi connectivity index (χ0v) is 5.41. The van der Waals surface area contributed by atoms with Crippen molar-refractivity contribution in [2.45, 2.75) is 39.5 Å². The fourth-order valence-corrected chi connectivity index (χ4v) is 0.553. The molecule has 0 atom stereocenters. The van der Waals surface area contributed by atoms with Gasteiger partial charge in [0.15, 0.2) is 0 Å². The summed E-state index contributed by atoms with van der Waals surface area (Å²) in [5.41, 5.74) is 0. The van der Waals surface area contributed by atoms with E-state index in [1.54, 1.807) is 0 Å². The van der Waals surface area contributed by atoms with Crippen molar-refractivity contribution in [3.63, 3.8) is 0 Å². The fraction of sp³-hybridized carbons (Fsp3) is 0.857. The van der Waals surface area contributed by atoms with Crippen LogP contribution in [0.1, 0.15) is 39.5 Å². The molecule has 8 heavy (non-hydrogen) atoms. The van der Waals surface area contributed by atoms with Crippen LogP contribution in [0, 0.1) is 6.42 Å². The minimum atomic E-state index is 0. The number of hydrogen-bond donors (Lipinski definition) is 0. The van der Waals surface area contributed by atoms with E-state index in [-0.39, 0.29) is 18.9 Å². The van der Waals surface area contributed by atoms with Gasteiger partial charge in [0.2, 0.25) is 0 Å². The molecule has 0 saturated heterocycles. The maximum atomic E-state index is 2.36. The molecule has 0 bridgehead atoms. The molecule has 1 heteroatoms. The van der Waals surface area contributed by atoms with Crippen LogP contribution < -0.4 is 0 Å². The molecule has 0 spiro atoms. The Hall–Kier alpha value is 0.597. The standard InChI is InChI=1S/C7H15.Li.H/c1-3-5-7-6-4-2;;/h7H,3-6H2,1-2H3;;. The molecule has 0 rings (SSSR count). The van der Waals surface area contributed by atoms with Crippen LogP contribution in [0.5, 0.6) is 0 Å². The van der Waals surface area contributed by atoms with Gasteiger partial charge in [-0.3, -0.25) is 0 Å². The van der Waals surface area contributed by atoms with Crippen molar-refractivity contribution in [1.82, 2.24) is 0 Å². The van der Waals surface area contributed by atoms with E-state index in [0.717, 1.165) is 0 Å². The average molecular weight is 107 g/mol. The van der Waals surface area contributed by atoms with Crippen LogP contribution in [0.4, 0.5) is 0 Å². The maximum absolute atomic E-state index is 2.36. The molecule has 0 unspecified atom stereocenters. The number of unbranched alkanes of at least 4 members (excludes halogenated alkanes) is 4. The molecular formula is C7H16Li. The first-order chi connectivity index (χ1) is 3.41. The van der Waals surface area contributed by atoms with Crippen LogP contribution in [-0.2, 0) is 0 Å². The Labute approximate surface area is 65.2 Å². The van der Waals surface area contributed by atoms with E-state index in [1.807, 2.05) is 0 Å². The molecule has 0 aromatic heterocycles. The molecular weight excluding hydrogens is 91.0 g/mol. The van der Waals surface area contributed by atoms with E-state index in [1.165, 1.54) is 25.7 Å². The van der Waals surface area contributed by atoms with Crippen molar-refractivity contribution in [2.75, 3.05) is 0 Å². The van der Waals surface area contributed by atoms with E-state index in [0.29, 0.717) is 0 Å². The Bertz CT molecular complexity index is 23.6. The molecule has 45 valence electrons. The van der Waals surface area contributed by atoms with Crippen molar-refractivity contribution >= 4 is 18.9 Å². The van der Waals surface area contributed by atoms with Gasteiger partial charge in [-0.1, -0.05) is 39.5 Å². The molecule has 1 radical (unpaired) electrons. The Morgan fingerprint density at radius 1 is 1.00 bits per heavy atom. The molecule has 0 aliphatic carbocycles. The molecule has 0 aliphatic rings. The fourth-order valence-electron chi connectivity index (χ4n) is 0.553. The van der Waals surface area contributed by atoms with Crippen LogP contribution in [0.15, 0.2) is 0 Å². The molecule has 0 aliphatic heterocycles. The summed E-state index contributed by atoms with van der Waals surface area (Å²) in [6, 6.07) is 0. The van der Waals surface area contributed by atoms with Crippen LogP contribution >= 0.6 is 0 Å². The first-order valence-electron chi connectivity index (χ1n) is 3.23. The predicted molar refractivity (Wildman–Crippen MR) is 41.3 cm³/mol. The van der Waals surface area contributed by atoms with Crippen LogP contribution in [0.2, 0.25) is 0 Å². The topological polar surface area (TPSA) is 0 Å². The van der Waals surface area contributed by atoms with Gasteiger partial charge in [0.1, 0.15) is 0 Å².